The predicted molar refractivity (Wildman–Crippen MR) is 150 cm³/mol. The van der Waals surface area contributed by atoms with Crippen LogP contribution >= 0.6 is 0 Å². The van der Waals surface area contributed by atoms with Crippen molar-refractivity contribution >= 4 is 11.9 Å². The number of nitrogens with one attached hydrogen (secondary N) is 1. The molecule has 1 fully saturated rings. The summed E-state index contributed by atoms with van der Waals surface area (Å²) in [4.78, 5) is 38.6. The van der Waals surface area contributed by atoms with E-state index in [1.165, 1.54) is 0 Å². The smallest absolute Gasteiger partial charge is 0.306 e. The molecule has 222 valence electrons. The van der Waals surface area contributed by atoms with Crippen LogP contribution in [0.4, 0.5) is 0 Å². The number of allylic oxidation sites excluding steroid dienone is 2. The molecule has 1 aliphatic carbocycles. The monoisotopic (exact) mass is 560 g/mol. The van der Waals surface area contributed by atoms with Gasteiger partial charge in [-0.1, -0.05) is 48.6 Å². The van der Waals surface area contributed by atoms with E-state index in [4.69, 9.17) is 4.74 Å². The number of aliphatic hydroxyl groups excluding tert-OH is 2. The molecule has 1 aliphatic rings. The number of aliphatic hydroxyl groups is 2. The van der Waals surface area contributed by atoms with Crippen molar-refractivity contribution < 1.29 is 34.5 Å². The van der Waals surface area contributed by atoms with Gasteiger partial charge in [-0.15, -0.1) is 10.1 Å². The van der Waals surface area contributed by atoms with Crippen molar-refractivity contribution in [3.8, 4) is 0 Å². The highest BCUT2D eigenvalue weighted by Crippen LogP contribution is 2.36. The van der Waals surface area contributed by atoms with Gasteiger partial charge in [-0.3, -0.25) is 9.59 Å². The van der Waals surface area contributed by atoms with E-state index in [9.17, 15) is 29.9 Å². The van der Waals surface area contributed by atoms with E-state index in [1.54, 1.807) is 0 Å². The van der Waals surface area contributed by atoms with E-state index in [0.717, 1.165) is 18.4 Å². The zero-order chi connectivity index (χ0) is 29.2. The van der Waals surface area contributed by atoms with Crippen molar-refractivity contribution in [3.05, 3.63) is 70.3 Å². The number of hydrogen-bond acceptors (Lipinski definition) is 8. The lowest BCUT2D eigenvalue weighted by Gasteiger charge is -2.21. The summed E-state index contributed by atoms with van der Waals surface area (Å²) < 4.78 is 5.73. The van der Waals surface area contributed by atoms with Gasteiger partial charge in [0, 0.05) is 31.7 Å². The Hall–Kier alpha value is -3.24. The van der Waals surface area contributed by atoms with Gasteiger partial charge in [0.05, 0.1) is 18.8 Å². The molecule has 0 unspecified atom stereocenters. The number of aryl methyl sites for hydroxylation is 1. The molecule has 0 aliphatic heterocycles. The molecule has 1 aromatic carbocycles. The van der Waals surface area contributed by atoms with Gasteiger partial charge < -0.3 is 25.1 Å². The summed E-state index contributed by atoms with van der Waals surface area (Å²) in [6, 6.07) is 9.86. The Morgan fingerprint density at radius 2 is 1.90 bits per heavy atom. The van der Waals surface area contributed by atoms with Gasteiger partial charge >= 0.3 is 5.97 Å². The van der Waals surface area contributed by atoms with Crippen LogP contribution in [0.1, 0.15) is 70.3 Å². The number of rotatable bonds is 19. The van der Waals surface area contributed by atoms with Crippen molar-refractivity contribution in [1.82, 2.24) is 5.32 Å². The minimum absolute atomic E-state index is 0.0433. The van der Waals surface area contributed by atoms with E-state index in [-0.39, 0.29) is 37.2 Å². The van der Waals surface area contributed by atoms with Gasteiger partial charge in [0.1, 0.15) is 6.10 Å². The van der Waals surface area contributed by atoms with Crippen LogP contribution in [0.5, 0.6) is 0 Å². The molecule has 2 rings (SSSR count). The molecule has 1 saturated carbocycles. The third-order valence-electron chi connectivity index (χ3n) is 7.00. The standard InChI is InChI=1S/C30H44N2O8/c1-2-31-29(35)15-9-4-3-8-14-25-26(28(34)22-27(25)33)20-19-24(18-17-23-12-6-5-7-13-23)40-30(36)16-10-11-21-39-32(37)38/h3,5-8,12-13,19-20,24-28,33-34H,2,4,9-11,14-18,21-22H2,1H3,(H,31,35)/b8-3-,20-19+/t24-,25+,26+,27-,28-/m0/s1. The lowest BCUT2D eigenvalue weighted by molar-refractivity contribution is -0.757. The summed E-state index contributed by atoms with van der Waals surface area (Å²) in [5, 5.41) is 33.4. The number of carbonyl (C=O) groups excluding carboxylic acids is 2. The lowest BCUT2D eigenvalue weighted by Crippen LogP contribution is -2.22. The number of hydrogen-bond donors (Lipinski definition) is 3. The van der Waals surface area contributed by atoms with E-state index in [1.807, 2.05) is 61.6 Å². The molecule has 10 heteroatoms. The van der Waals surface area contributed by atoms with Crippen LogP contribution in [0.25, 0.3) is 0 Å². The fraction of sp³-hybridized carbons (Fsp3) is 0.600. The Bertz CT molecular complexity index is 952. The van der Waals surface area contributed by atoms with E-state index in [2.05, 4.69) is 10.2 Å². The van der Waals surface area contributed by atoms with Crippen molar-refractivity contribution in [2.75, 3.05) is 13.2 Å². The highest BCUT2D eigenvalue weighted by Gasteiger charge is 2.39. The van der Waals surface area contributed by atoms with Crippen LogP contribution in [0.15, 0.2) is 54.6 Å². The second-order valence-electron chi connectivity index (χ2n) is 10.1. The summed E-state index contributed by atoms with van der Waals surface area (Å²) in [6.07, 6.45) is 10.8. The predicted octanol–water partition coefficient (Wildman–Crippen LogP) is 4.08. The van der Waals surface area contributed by atoms with Gasteiger partial charge in [0.25, 0.3) is 5.09 Å². The highest BCUT2D eigenvalue weighted by molar-refractivity contribution is 5.75. The molecule has 0 aromatic heterocycles. The zero-order valence-corrected chi connectivity index (χ0v) is 23.4. The fourth-order valence-corrected chi connectivity index (χ4v) is 4.88. The molecule has 1 amide bonds. The number of nitrogens with zero attached hydrogens (tertiary/aromatic N) is 1. The van der Waals surface area contributed by atoms with Crippen LogP contribution in [-0.4, -0.2) is 58.6 Å². The maximum absolute atomic E-state index is 12.5. The van der Waals surface area contributed by atoms with Gasteiger partial charge in [0.2, 0.25) is 5.91 Å². The Kier molecular flexibility index (Phi) is 15.6. The molecular weight excluding hydrogens is 516 g/mol. The highest BCUT2D eigenvalue weighted by atomic mass is 16.9. The van der Waals surface area contributed by atoms with Gasteiger partial charge in [-0.05, 0) is 69.4 Å². The fourth-order valence-electron chi connectivity index (χ4n) is 4.88. The van der Waals surface area contributed by atoms with E-state index >= 15 is 0 Å². The average molecular weight is 561 g/mol. The maximum Gasteiger partial charge on any atom is 0.306 e. The first kappa shape index (κ1) is 33.0. The second-order valence-corrected chi connectivity index (χ2v) is 10.1. The Labute approximate surface area is 236 Å². The number of ether oxygens (including phenoxy) is 1. The van der Waals surface area contributed by atoms with E-state index in [0.29, 0.717) is 45.1 Å². The lowest BCUT2D eigenvalue weighted by atomic mass is 9.89. The molecule has 0 saturated heterocycles. The van der Waals surface area contributed by atoms with Crippen LogP contribution in [0.2, 0.25) is 0 Å². The van der Waals surface area contributed by atoms with Crippen molar-refractivity contribution in [1.29, 1.82) is 0 Å². The van der Waals surface area contributed by atoms with Crippen LogP contribution < -0.4 is 5.32 Å². The van der Waals surface area contributed by atoms with Crippen LogP contribution in [-0.2, 0) is 25.6 Å². The molecule has 5 atom stereocenters. The molecule has 1 aromatic rings. The first-order valence-electron chi connectivity index (χ1n) is 14.3. The van der Waals surface area contributed by atoms with Gasteiger partial charge in [0.15, 0.2) is 0 Å². The van der Waals surface area contributed by atoms with Crippen LogP contribution in [0.3, 0.4) is 0 Å². The number of carbonyl (C=O) groups is 2. The summed E-state index contributed by atoms with van der Waals surface area (Å²) in [5.41, 5.74) is 1.11. The number of benzene rings is 1. The summed E-state index contributed by atoms with van der Waals surface area (Å²) in [6.45, 7) is 2.45. The van der Waals surface area contributed by atoms with Crippen molar-refractivity contribution in [3.63, 3.8) is 0 Å². The molecule has 0 heterocycles. The van der Waals surface area contributed by atoms with Crippen molar-refractivity contribution in [2.45, 2.75) is 89.4 Å². The third kappa shape index (κ3) is 13.2. The first-order valence-corrected chi connectivity index (χ1v) is 14.3. The quantitative estimate of drug-likeness (QED) is 0.0754. The molecule has 0 radical (unpaired) electrons. The largest absolute Gasteiger partial charge is 0.458 e. The second kappa shape index (κ2) is 18.9. The Morgan fingerprint density at radius 3 is 2.62 bits per heavy atom. The number of amides is 1. The minimum Gasteiger partial charge on any atom is -0.458 e. The molecule has 40 heavy (non-hydrogen) atoms. The maximum atomic E-state index is 12.5. The number of esters is 1. The zero-order valence-electron chi connectivity index (χ0n) is 23.4. The summed E-state index contributed by atoms with van der Waals surface area (Å²) >= 11 is 0. The molecule has 10 nitrogen and oxygen atoms in total. The number of unbranched alkanes of at least 4 members (excludes halogenated alkanes) is 2. The molecule has 3 N–H and O–H groups in total. The Balaban J connectivity index is 1.95. The van der Waals surface area contributed by atoms with Crippen molar-refractivity contribution in [2.24, 2.45) is 11.8 Å². The molecule has 0 spiro atoms. The topological polar surface area (TPSA) is 148 Å². The minimum atomic E-state index is -0.852. The molecule has 0 bridgehead atoms. The Morgan fingerprint density at radius 1 is 1.12 bits per heavy atom. The van der Waals surface area contributed by atoms with Gasteiger partial charge in [-0.25, -0.2) is 0 Å². The first-order chi connectivity index (χ1) is 19.3. The molecular formula is C30H44N2O8. The summed E-state index contributed by atoms with van der Waals surface area (Å²) in [7, 11) is 0. The van der Waals surface area contributed by atoms with E-state index < -0.39 is 29.4 Å². The third-order valence-corrected chi connectivity index (χ3v) is 7.00. The van der Waals surface area contributed by atoms with Gasteiger partial charge in [-0.2, -0.15) is 0 Å². The van der Waals surface area contributed by atoms with Crippen LogP contribution in [0, 0.1) is 22.0 Å². The normalized spacial score (nSPS) is 21.5. The SMILES string of the molecule is CCNC(=O)CCC/C=C\C[C@@H]1[C@@H](/C=C/[C@H](CCc2ccccc2)OC(=O)CCCCO[N+](=O)[O-])[C@@H](O)C[C@@H]1O. The average Bonchev–Trinajstić information content (AvgIpc) is 3.19. The summed E-state index contributed by atoms with van der Waals surface area (Å²) in [5.74, 6) is -0.810.